The number of aliphatic hydroxyl groups excluding tert-OH is 1. The van der Waals surface area contributed by atoms with E-state index in [4.69, 9.17) is 4.74 Å². The molecule has 0 aromatic rings. The number of rotatable bonds is 6. The van der Waals surface area contributed by atoms with Gasteiger partial charge in [-0.2, -0.15) is 18.3 Å². The lowest BCUT2D eigenvalue weighted by Crippen LogP contribution is -2.47. The molecule has 2 N–H and O–H groups in total. The maximum absolute atomic E-state index is 13.7. The summed E-state index contributed by atoms with van der Waals surface area (Å²) in [4.78, 5) is 10.3. The van der Waals surface area contributed by atoms with E-state index in [1.807, 2.05) is 6.08 Å². The standard InChI is InChI=1S/C23H23BrF3N3O4/c24-15-5-3-14(4-6-15)20-21(28-29-22(20)23(25,26)27)18-10-9-17(11-19(18)31)34-12-13-1-7-16(8-2-13)30(32)33/h1,3,5-11,13-14,18-21,28,31H,2,4,12H2. The van der Waals surface area contributed by atoms with Crippen LogP contribution in [0.2, 0.25) is 0 Å². The number of hydrazone groups is 1. The summed E-state index contributed by atoms with van der Waals surface area (Å²) in [6, 6.07) is -0.743. The predicted octanol–water partition coefficient (Wildman–Crippen LogP) is 4.53. The second-order valence-corrected chi connectivity index (χ2v) is 9.49. The highest BCUT2D eigenvalue weighted by Crippen LogP contribution is 2.40. The third-order valence-corrected chi connectivity index (χ3v) is 6.93. The van der Waals surface area contributed by atoms with E-state index in [2.05, 4.69) is 26.5 Å². The molecule has 0 fully saturated rings. The highest BCUT2D eigenvalue weighted by atomic mass is 79.9. The molecule has 0 saturated carbocycles. The van der Waals surface area contributed by atoms with Crippen molar-refractivity contribution in [3.05, 3.63) is 80.7 Å². The van der Waals surface area contributed by atoms with Crippen molar-refractivity contribution in [1.82, 2.24) is 5.43 Å². The van der Waals surface area contributed by atoms with Crippen molar-refractivity contribution in [1.29, 1.82) is 0 Å². The quantitative estimate of drug-likeness (QED) is 0.380. The van der Waals surface area contributed by atoms with Gasteiger partial charge in [0.05, 0.1) is 23.7 Å². The largest absolute Gasteiger partial charge is 0.493 e. The molecule has 34 heavy (non-hydrogen) atoms. The monoisotopic (exact) mass is 541 g/mol. The number of aliphatic hydroxyl groups is 1. The number of nitrogens with zero attached hydrogens (tertiary/aromatic N) is 2. The minimum Gasteiger partial charge on any atom is -0.493 e. The summed E-state index contributed by atoms with van der Waals surface area (Å²) in [5.41, 5.74) is 1.81. The number of halogens is 4. The van der Waals surface area contributed by atoms with Gasteiger partial charge in [-0.25, -0.2) is 0 Å². The van der Waals surface area contributed by atoms with E-state index in [1.165, 1.54) is 18.2 Å². The molecule has 11 heteroatoms. The van der Waals surface area contributed by atoms with E-state index in [1.54, 1.807) is 30.4 Å². The van der Waals surface area contributed by atoms with Crippen LogP contribution in [0.3, 0.4) is 0 Å². The van der Waals surface area contributed by atoms with Crippen LogP contribution in [0.5, 0.6) is 0 Å². The number of hydrogen-bond acceptors (Lipinski definition) is 6. The van der Waals surface area contributed by atoms with E-state index in [0.29, 0.717) is 18.6 Å². The van der Waals surface area contributed by atoms with E-state index in [0.717, 1.165) is 4.48 Å². The van der Waals surface area contributed by atoms with Crippen molar-refractivity contribution in [2.24, 2.45) is 28.8 Å². The van der Waals surface area contributed by atoms with Crippen LogP contribution in [0.25, 0.3) is 0 Å². The maximum Gasteiger partial charge on any atom is 0.431 e. The van der Waals surface area contributed by atoms with E-state index >= 15 is 0 Å². The first kappa shape index (κ1) is 24.5. The Hall–Kier alpha value is -2.66. The first-order chi connectivity index (χ1) is 16.1. The fourth-order valence-corrected chi connectivity index (χ4v) is 4.93. The number of alkyl halides is 3. The summed E-state index contributed by atoms with van der Waals surface area (Å²) in [5, 5.41) is 25.2. The molecule has 1 aliphatic heterocycles. The van der Waals surface area contributed by atoms with Crippen molar-refractivity contribution in [2.75, 3.05) is 6.61 Å². The maximum atomic E-state index is 13.7. The van der Waals surface area contributed by atoms with Crippen LogP contribution in [-0.2, 0) is 4.74 Å². The second-order valence-electron chi connectivity index (χ2n) is 8.57. The minimum atomic E-state index is -4.58. The zero-order chi connectivity index (χ0) is 24.5. The summed E-state index contributed by atoms with van der Waals surface area (Å²) in [6.07, 6.45) is 9.99. The zero-order valence-corrected chi connectivity index (χ0v) is 19.4. The minimum absolute atomic E-state index is 0.0426. The van der Waals surface area contributed by atoms with Gasteiger partial charge in [0, 0.05) is 28.3 Å². The van der Waals surface area contributed by atoms with Gasteiger partial charge < -0.3 is 15.3 Å². The lowest BCUT2D eigenvalue weighted by molar-refractivity contribution is -0.419. The number of nitro groups is 1. The summed E-state index contributed by atoms with van der Waals surface area (Å²) < 4.78 is 47.7. The molecule has 0 aromatic heterocycles. The highest BCUT2D eigenvalue weighted by molar-refractivity contribution is 9.11. The van der Waals surface area contributed by atoms with Crippen molar-refractivity contribution in [2.45, 2.75) is 31.2 Å². The zero-order valence-electron chi connectivity index (χ0n) is 17.9. The molecule has 0 spiro atoms. The van der Waals surface area contributed by atoms with Crippen LogP contribution >= 0.6 is 15.9 Å². The molecule has 182 valence electrons. The number of ether oxygens (including phenoxy) is 1. The Bertz CT molecular complexity index is 1040. The normalized spacial score (nSPS) is 33.0. The molecule has 0 aromatic carbocycles. The Kier molecular flexibility index (Phi) is 7.13. The Morgan fingerprint density at radius 3 is 2.59 bits per heavy atom. The van der Waals surface area contributed by atoms with Gasteiger partial charge in [0.1, 0.15) is 11.5 Å². The molecule has 6 unspecified atom stereocenters. The second kappa shape index (κ2) is 9.91. The van der Waals surface area contributed by atoms with Crippen molar-refractivity contribution in [3.8, 4) is 0 Å². The Morgan fingerprint density at radius 2 is 2.00 bits per heavy atom. The van der Waals surface area contributed by atoms with Gasteiger partial charge in [-0.15, -0.1) is 0 Å². The molecule has 0 amide bonds. The molecular formula is C23H23BrF3N3O4. The molecular weight excluding hydrogens is 519 g/mol. The van der Waals surface area contributed by atoms with Crippen molar-refractivity contribution >= 4 is 21.6 Å². The van der Waals surface area contributed by atoms with E-state index in [9.17, 15) is 28.4 Å². The molecule has 7 nitrogen and oxygen atoms in total. The number of nitrogens with one attached hydrogen (secondary N) is 1. The summed E-state index contributed by atoms with van der Waals surface area (Å²) in [6.45, 7) is 0.255. The van der Waals surface area contributed by atoms with Crippen molar-refractivity contribution in [3.63, 3.8) is 0 Å². The first-order valence-electron chi connectivity index (χ1n) is 10.8. The Morgan fingerprint density at radius 1 is 1.21 bits per heavy atom. The topological polar surface area (TPSA) is 97.0 Å². The molecule has 1 heterocycles. The highest BCUT2D eigenvalue weighted by Gasteiger charge is 2.52. The predicted molar refractivity (Wildman–Crippen MR) is 123 cm³/mol. The van der Waals surface area contributed by atoms with Gasteiger partial charge in [0.2, 0.25) is 0 Å². The summed E-state index contributed by atoms with van der Waals surface area (Å²) in [5.74, 6) is -1.66. The molecule has 0 saturated heterocycles. The van der Waals surface area contributed by atoms with E-state index in [-0.39, 0.29) is 18.2 Å². The third kappa shape index (κ3) is 5.35. The van der Waals surface area contributed by atoms with Gasteiger partial charge >= 0.3 is 6.18 Å². The Labute approximate surface area is 202 Å². The van der Waals surface area contributed by atoms with Crippen LogP contribution in [-0.4, -0.2) is 40.7 Å². The van der Waals surface area contributed by atoms with Gasteiger partial charge in [-0.1, -0.05) is 46.3 Å². The van der Waals surface area contributed by atoms with Crippen LogP contribution in [0, 0.1) is 33.8 Å². The first-order valence-corrected chi connectivity index (χ1v) is 11.6. The average Bonchev–Trinajstić information content (AvgIpc) is 3.24. The third-order valence-electron chi connectivity index (χ3n) is 6.35. The molecule has 4 rings (SSSR count). The molecule has 4 aliphatic rings. The summed E-state index contributed by atoms with van der Waals surface area (Å²) >= 11 is 3.34. The molecule has 6 atom stereocenters. The summed E-state index contributed by atoms with van der Waals surface area (Å²) in [7, 11) is 0. The molecule has 0 radical (unpaired) electrons. The molecule has 0 bridgehead atoms. The van der Waals surface area contributed by atoms with Crippen LogP contribution < -0.4 is 5.43 Å². The van der Waals surface area contributed by atoms with Gasteiger partial charge in [0.15, 0.2) is 0 Å². The fraction of sp³-hybridized carbons (Fsp3) is 0.435. The average molecular weight is 542 g/mol. The van der Waals surface area contributed by atoms with E-state index < -0.39 is 46.7 Å². The van der Waals surface area contributed by atoms with Gasteiger partial charge in [0.25, 0.3) is 5.70 Å². The lowest BCUT2D eigenvalue weighted by atomic mass is 9.73. The van der Waals surface area contributed by atoms with Gasteiger partial charge in [-0.05, 0) is 37.0 Å². The van der Waals surface area contributed by atoms with Crippen molar-refractivity contribution < 1.29 is 27.9 Å². The van der Waals surface area contributed by atoms with Crippen LogP contribution in [0.1, 0.15) is 12.8 Å². The van der Waals surface area contributed by atoms with Crippen LogP contribution in [0.15, 0.2) is 75.7 Å². The number of hydrogen-bond donors (Lipinski definition) is 2. The van der Waals surface area contributed by atoms with Crippen LogP contribution in [0.4, 0.5) is 13.2 Å². The smallest absolute Gasteiger partial charge is 0.431 e. The number of allylic oxidation sites excluding steroid dienone is 7. The van der Waals surface area contributed by atoms with Gasteiger partial charge in [-0.3, -0.25) is 10.1 Å². The lowest BCUT2D eigenvalue weighted by Gasteiger charge is -2.35. The Balaban J connectivity index is 1.41. The molecule has 3 aliphatic carbocycles. The fourth-order valence-electron chi connectivity index (χ4n) is 4.59. The SMILES string of the molecule is O=[N+]([O-])C1=CCC(COC2=CC(O)C(C3NN=C(C(F)(F)F)C3C3C=CC(Br)=CC3)C=C2)C=C1.